The summed E-state index contributed by atoms with van der Waals surface area (Å²) in [4.78, 5) is 35.8. The molecule has 0 aliphatic carbocycles. The number of rotatable bonds is 7. The second-order valence-corrected chi connectivity index (χ2v) is 8.80. The number of benzene rings is 1. The Morgan fingerprint density at radius 3 is 2.61 bits per heavy atom. The average Bonchev–Trinajstić information content (AvgIpc) is 3.19. The molecule has 0 radical (unpaired) electrons. The molecule has 33 heavy (non-hydrogen) atoms. The SMILES string of the molecule is C=CCCc1nc2ccc(OC)cc2nc1OC1CC(C(=O)OC)N(C(=O)OC(C)(C)C)C1. The molecule has 0 bridgehead atoms. The molecule has 178 valence electrons. The summed E-state index contributed by atoms with van der Waals surface area (Å²) in [6.45, 7) is 9.25. The van der Waals surface area contributed by atoms with Crippen molar-refractivity contribution in [2.24, 2.45) is 0 Å². The topological polar surface area (TPSA) is 100 Å². The first kappa shape index (κ1) is 24.3. The number of nitrogens with zero attached hydrogens (tertiary/aromatic N) is 3. The lowest BCUT2D eigenvalue weighted by atomic mass is 10.2. The lowest BCUT2D eigenvalue weighted by Crippen LogP contribution is -2.44. The van der Waals surface area contributed by atoms with Gasteiger partial charge in [-0.25, -0.2) is 19.6 Å². The third-order valence-corrected chi connectivity index (χ3v) is 5.13. The number of hydrogen-bond acceptors (Lipinski definition) is 8. The van der Waals surface area contributed by atoms with Crippen LogP contribution >= 0.6 is 0 Å². The third-order valence-electron chi connectivity index (χ3n) is 5.13. The Hall–Kier alpha value is -3.36. The minimum absolute atomic E-state index is 0.160. The zero-order valence-electron chi connectivity index (χ0n) is 19.8. The highest BCUT2D eigenvalue weighted by molar-refractivity contribution is 5.82. The van der Waals surface area contributed by atoms with Crippen molar-refractivity contribution in [3.63, 3.8) is 0 Å². The minimum atomic E-state index is -0.806. The Kier molecular flexibility index (Phi) is 7.40. The molecule has 1 aliphatic heterocycles. The zero-order valence-corrected chi connectivity index (χ0v) is 19.8. The van der Waals surface area contributed by atoms with E-state index in [1.807, 2.05) is 12.1 Å². The van der Waals surface area contributed by atoms with Gasteiger partial charge in [-0.05, 0) is 45.7 Å². The van der Waals surface area contributed by atoms with Gasteiger partial charge in [-0.1, -0.05) is 6.08 Å². The van der Waals surface area contributed by atoms with Gasteiger partial charge in [0.15, 0.2) is 0 Å². The van der Waals surface area contributed by atoms with Crippen LogP contribution in [0.5, 0.6) is 11.6 Å². The molecule has 0 saturated carbocycles. The summed E-state index contributed by atoms with van der Waals surface area (Å²) in [6, 6.07) is 4.65. The number of fused-ring (bicyclic) bond motifs is 1. The molecule has 1 aliphatic rings. The van der Waals surface area contributed by atoms with Crippen molar-refractivity contribution in [2.45, 2.75) is 57.8 Å². The van der Waals surface area contributed by atoms with E-state index in [0.29, 0.717) is 35.7 Å². The fourth-order valence-electron chi connectivity index (χ4n) is 3.60. The number of carbonyl (C=O) groups excluding carboxylic acids is 2. The van der Waals surface area contributed by atoms with Gasteiger partial charge in [0, 0.05) is 12.5 Å². The molecule has 0 N–H and O–H groups in total. The molecule has 1 aromatic carbocycles. The number of allylic oxidation sites excluding steroid dienone is 1. The first-order chi connectivity index (χ1) is 15.6. The summed E-state index contributed by atoms with van der Waals surface area (Å²) in [6.07, 6.45) is 2.27. The van der Waals surface area contributed by atoms with Crippen molar-refractivity contribution >= 4 is 23.1 Å². The molecule has 1 aromatic heterocycles. The largest absolute Gasteiger partial charge is 0.497 e. The van der Waals surface area contributed by atoms with Crippen LogP contribution in [0.4, 0.5) is 4.79 Å². The van der Waals surface area contributed by atoms with Gasteiger partial charge in [0.2, 0.25) is 5.88 Å². The Morgan fingerprint density at radius 2 is 1.97 bits per heavy atom. The van der Waals surface area contributed by atoms with E-state index in [2.05, 4.69) is 11.6 Å². The lowest BCUT2D eigenvalue weighted by Gasteiger charge is -2.27. The van der Waals surface area contributed by atoms with E-state index in [4.69, 9.17) is 23.9 Å². The Bertz CT molecular complexity index is 1030. The number of aromatic nitrogens is 2. The monoisotopic (exact) mass is 457 g/mol. The summed E-state index contributed by atoms with van der Waals surface area (Å²) in [5.41, 5.74) is 1.32. The van der Waals surface area contributed by atoms with Crippen molar-refractivity contribution in [1.82, 2.24) is 14.9 Å². The Morgan fingerprint density at radius 1 is 1.21 bits per heavy atom. The molecule has 0 spiro atoms. The van der Waals surface area contributed by atoms with E-state index in [9.17, 15) is 9.59 Å². The van der Waals surface area contributed by atoms with Crippen molar-refractivity contribution in [1.29, 1.82) is 0 Å². The van der Waals surface area contributed by atoms with Crippen molar-refractivity contribution in [2.75, 3.05) is 20.8 Å². The normalized spacial score (nSPS) is 18.2. The van der Waals surface area contributed by atoms with Crippen LogP contribution in [0.1, 0.15) is 39.3 Å². The summed E-state index contributed by atoms with van der Waals surface area (Å²) in [5.74, 6) is 0.495. The standard InChI is InChI=1S/C24H31N3O6/c1-7-8-9-18-21(26-19-12-15(30-5)10-11-17(19)25-18)32-16-13-20(22(28)31-6)27(14-16)23(29)33-24(2,3)4/h7,10-12,16,20H,1,8-9,13-14H2,2-6H3. The quantitative estimate of drug-likeness (QED) is 0.458. The molecule has 1 amide bonds. The smallest absolute Gasteiger partial charge is 0.411 e. The Balaban J connectivity index is 1.89. The highest BCUT2D eigenvalue weighted by Crippen LogP contribution is 2.29. The van der Waals surface area contributed by atoms with Crippen LogP contribution < -0.4 is 9.47 Å². The predicted molar refractivity (Wildman–Crippen MR) is 122 cm³/mol. The molecule has 1 fully saturated rings. The summed E-state index contributed by atoms with van der Waals surface area (Å²) in [5, 5.41) is 0. The summed E-state index contributed by atoms with van der Waals surface area (Å²) >= 11 is 0. The van der Waals surface area contributed by atoms with Gasteiger partial charge in [-0.2, -0.15) is 0 Å². The summed E-state index contributed by atoms with van der Waals surface area (Å²) < 4.78 is 21.9. The second kappa shape index (κ2) is 10.1. The molecular formula is C24H31N3O6. The fourth-order valence-corrected chi connectivity index (χ4v) is 3.60. The van der Waals surface area contributed by atoms with Crippen LogP contribution in [0.15, 0.2) is 30.9 Å². The maximum absolute atomic E-state index is 12.7. The molecule has 9 nitrogen and oxygen atoms in total. The van der Waals surface area contributed by atoms with E-state index in [1.165, 1.54) is 12.0 Å². The van der Waals surface area contributed by atoms with E-state index in [0.717, 1.165) is 5.52 Å². The molecule has 2 atom stereocenters. The van der Waals surface area contributed by atoms with E-state index in [-0.39, 0.29) is 13.0 Å². The maximum atomic E-state index is 12.7. The van der Waals surface area contributed by atoms with Crippen molar-refractivity contribution in [3.05, 3.63) is 36.5 Å². The number of likely N-dealkylation sites (tertiary alicyclic amines) is 1. The predicted octanol–water partition coefficient (Wildman–Crippen LogP) is 3.69. The van der Waals surface area contributed by atoms with Gasteiger partial charge in [-0.15, -0.1) is 6.58 Å². The lowest BCUT2D eigenvalue weighted by molar-refractivity contribution is -0.145. The maximum Gasteiger partial charge on any atom is 0.411 e. The Labute approximate surface area is 193 Å². The van der Waals surface area contributed by atoms with E-state index in [1.54, 1.807) is 40.0 Å². The number of ether oxygens (including phenoxy) is 4. The summed E-state index contributed by atoms with van der Waals surface area (Å²) in [7, 11) is 2.88. The van der Waals surface area contributed by atoms with E-state index >= 15 is 0 Å². The number of carbonyl (C=O) groups is 2. The van der Waals surface area contributed by atoms with Crippen molar-refractivity contribution < 1.29 is 28.5 Å². The third kappa shape index (κ3) is 5.91. The number of methoxy groups -OCH3 is 2. The van der Waals surface area contributed by atoms with Gasteiger partial charge in [0.1, 0.15) is 29.2 Å². The molecule has 3 rings (SSSR count). The van der Waals surface area contributed by atoms with E-state index < -0.39 is 29.8 Å². The van der Waals surface area contributed by atoms with Crippen molar-refractivity contribution in [3.8, 4) is 11.6 Å². The number of aryl methyl sites for hydroxylation is 1. The highest BCUT2D eigenvalue weighted by Gasteiger charge is 2.43. The molecule has 2 unspecified atom stereocenters. The molecule has 2 aromatic rings. The number of amides is 1. The molecule has 9 heteroatoms. The van der Waals surface area contributed by atoms with Gasteiger partial charge in [-0.3, -0.25) is 4.90 Å². The van der Waals surface area contributed by atoms with Gasteiger partial charge in [0.25, 0.3) is 0 Å². The van der Waals surface area contributed by atoms with Crippen LogP contribution in [0.3, 0.4) is 0 Å². The number of hydrogen-bond donors (Lipinski definition) is 0. The molecule has 1 saturated heterocycles. The molecular weight excluding hydrogens is 426 g/mol. The zero-order chi connectivity index (χ0) is 24.2. The highest BCUT2D eigenvalue weighted by atomic mass is 16.6. The second-order valence-electron chi connectivity index (χ2n) is 8.80. The average molecular weight is 458 g/mol. The number of esters is 1. The van der Waals surface area contributed by atoms with Gasteiger partial charge >= 0.3 is 12.1 Å². The van der Waals surface area contributed by atoms with Gasteiger partial charge in [0.05, 0.1) is 31.8 Å². The van der Waals surface area contributed by atoms with Crippen LogP contribution in [0.25, 0.3) is 11.0 Å². The van der Waals surface area contributed by atoms with Crippen LogP contribution in [0.2, 0.25) is 0 Å². The fraction of sp³-hybridized carbons (Fsp3) is 0.500. The first-order valence-corrected chi connectivity index (χ1v) is 10.8. The molecule has 2 heterocycles. The minimum Gasteiger partial charge on any atom is -0.497 e. The van der Waals surface area contributed by atoms with Crippen LogP contribution in [0, 0.1) is 0 Å². The first-order valence-electron chi connectivity index (χ1n) is 10.8. The van der Waals surface area contributed by atoms with Crippen LogP contribution in [-0.4, -0.2) is 65.4 Å². The van der Waals surface area contributed by atoms with Crippen LogP contribution in [-0.2, 0) is 20.7 Å². The van der Waals surface area contributed by atoms with Gasteiger partial charge < -0.3 is 18.9 Å².